The molecule has 0 aromatic heterocycles. The zero-order valence-corrected chi connectivity index (χ0v) is 17.0. The fraction of sp³-hybridized carbons (Fsp3) is 0. The standard InChI is InChI=1S/C16H13O10P3/c17-27(18,19)25-29(22,23)26-28(20,21)24-14-8-12-6-4-10-2-1-3-11-5-7-13(9-14)16(12)15(10)11/h1-9H,(H,20,21)(H,22,23)(H2,17,18,19). The molecule has 2 unspecified atom stereocenters. The number of benzene rings is 4. The van der Waals surface area contributed by atoms with Gasteiger partial charge in [-0.2, -0.15) is 8.62 Å². The number of rotatable bonds is 6. The van der Waals surface area contributed by atoms with Crippen LogP contribution in [0.1, 0.15) is 0 Å². The Morgan fingerprint density at radius 1 is 0.621 bits per heavy atom. The van der Waals surface area contributed by atoms with Crippen LogP contribution in [0.4, 0.5) is 0 Å². The van der Waals surface area contributed by atoms with Crippen LogP contribution in [0.3, 0.4) is 0 Å². The monoisotopic (exact) mass is 458 g/mol. The van der Waals surface area contributed by atoms with Crippen LogP contribution in [-0.2, 0) is 22.3 Å². The van der Waals surface area contributed by atoms with Gasteiger partial charge in [0.25, 0.3) is 0 Å². The quantitative estimate of drug-likeness (QED) is 0.242. The molecule has 0 aliphatic carbocycles. The summed E-state index contributed by atoms with van der Waals surface area (Å²) in [6.07, 6.45) is 0. The highest BCUT2D eigenvalue weighted by Gasteiger charge is 2.41. The Labute approximate surface area is 163 Å². The largest absolute Gasteiger partial charge is 0.536 e. The molecule has 13 heteroatoms. The predicted molar refractivity (Wildman–Crippen MR) is 105 cm³/mol. The summed E-state index contributed by atoms with van der Waals surface area (Å²) in [6.45, 7) is 0. The minimum Gasteiger partial charge on any atom is -0.404 e. The second-order valence-electron chi connectivity index (χ2n) is 6.14. The number of hydrogen-bond acceptors (Lipinski definition) is 6. The van der Waals surface area contributed by atoms with Gasteiger partial charge in [-0.15, -0.1) is 0 Å². The van der Waals surface area contributed by atoms with Crippen LogP contribution < -0.4 is 4.52 Å². The Hall–Kier alpha value is -1.83. The molecule has 0 heterocycles. The summed E-state index contributed by atoms with van der Waals surface area (Å²) in [5.41, 5.74) is 0. The van der Waals surface area contributed by atoms with E-state index in [4.69, 9.17) is 14.3 Å². The SMILES string of the molecule is O=P(O)(O)OP(=O)(O)OP(=O)(O)Oc1cc2ccc3cccc4ccc(c1)c2c34. The van der Waals surface area contributed by atoms with Gasteiger partial charge in [0.05, 0.1) is 0 Å². The highest BCUT2D eigenvalue weighted by molar-refractivity contribution is 7.66. The lowest BCUT2D eigenvalue weighted by molar-refractivity contribution is 0.207. The maximum Gasteiger partial charge on any atom is 0.536 e. The summed E-state index contributed by atoms with van der Waals surface area (Å²) in [6, 6.07) is 16.0. The molecule has 2 atom stereocenters. The van der Waals surface area contributed by atoms with Crippen molar-refractivity contribution in [2.24, 2.45) is 0 Å². The van der Waals surface area contributed by atoms with Crippen LogP contribution in [0.2, 0.25) is 0 Å². The second-order valence-corrected chi connectivity index (χ2v) is 10.5. The molecule has 4 aromatic carbocycles. The van der Waals surface area contributed by atoms with Crippen LogP contribution in [0, 0.1) is 0 Å². The van der Waals surface area contributed by atoms with Crippen LogP contribution in [0.15, 0.2) is 54.6 Å². The van der Waals surface area contributed by atoms with Crippen LogP contribution >= 0.6 is 23.5 Å². The van der Waals surface area contributed by atoms with E-state index in [1.165, 1.54) is 12.1 Å². The van der Waals surface area contributed by atoms with Crippen molar-refractivity contribution >= 4 is 55.8 Å². The van der Waals surface area contributed by atoms with E-state index in [0.29, 0.717) is 10.8 Å². The molecule has 29 heavy (non-hydrogen) atoms. The molecular weight excluding hydrogens is 445 g/mol. The predicted octanol–water partition coefficient (Wildman–Crippen LogP) is 4.29. The Balaban J connectivity index is 1.72. The lowest BCUT2D eigenvalue weighted by Gasteiger charge is -2.17. The van der Waals surface area contributed by atoms with Gasteiger partial charge in [0, 0.05) is 0 Å². The van der Waals surface area contributed by atoms with Crippen LogP contribution in [0.5, 0.6) is 5.75 Å². The van der Waals surface area contributed by atoms with Gasteiger partial charge in [-0.25, -0.2) is 13.7 Å². The average molecular weight is 458 g/mol. The van der Waals surface area contributed by atoms with Gasteiger partial charge in [0.15, 0.2) is 0 Å². The van der Waals surface area contributed by atoms with Crippen LogP contribution in [0.25, 0.3) is 32.3 Å². The molecule has 152 valence electrons. The molecule has 0 spiro atoms. The molecule has 0 saturated heterocycles. The minimum atomic E-state index is -5.58. The molecule has 0 fully saturated rings. The molecule has 0 aliphatic rings. The van der Waals surface area contributed by atoms with Gasteiger partial charge in [0.2, 0.25) is 0 Å². The fourth-order valence-corrected chi connectivity index (χ4v) is 6.22. The average Bonchev–Trinajstić information content (AvgIpc) is 2.55. The number of hydrogen-bond donors (Lipinski definition) is 4. The molecule has 0 bridgehead atoms. The molecule has 4 aromatic rings. The molecule has 10 nitrogen and oxygen atoms in total. The lowest BCUT2D eigenvalue weighted by atomic mass is 9.94. The summed E-state index contributed by atoms with van der Waals surface area (Å²) >= 11 is 0. The van der Waals surface area contributed by atoms with Crippen molar-refractivity contribution in [3.05, 3.63) is 54.6 Å². The summed E-state index contributed by atoms with van der Waals surface area (Å²) in [5, 5.41) is 5.30. The Morgan fingerprint density at radius 2 is 1.10 bits per heavy atom. The van der Waals surface area contributed by atoms with Crippen molar-refractivity contribution in [3.8, 4) is 5.75 Å². The van der Waals surface area contributed by atoms with Crippen LogP contribution in [-0.4, -0.2) is 19.6 Å². The van der Waals surface area contributed by atoms with Crippen molar-refractivity contribution in [3.63, 3.8) is 0 Å². The minimum absolute atomic E-state index is 0.155. The first-order valence-corrected chi connectivity index (χ1v) is 12.5. The molecule has 0 aliphatic heterocycles. The van der Waals surface area contributed by atoms with Crippen molar-refractivity contribution in [2.45, 2.75) is 0 Å². The van der Waals surface area contributed by atoms with Gasteiger partial charge < -0.3 is 19.2 Å². The third kappa shape index (κ3) is 4.37. The first-order chi connectivity index (χ1) is 13.4. The van der Waals surface area contributed by atoms with Crippen molar-refractivity contribution in [1.82, 2.24) is 0 Å². The normalized spacial score (nSPS) is 16.8. The molecular formula is C16H13O10P3. The van der Waals surface area contributed by atoms with E-state index >= 15 is 0 Å². The maximum atomic E-state index is 12.1. The Kier molecular flexibility index (Phi) is 4.83. The van der Waals surface area contributed by atoms with E-state index in [-0.39, 0.29) is 5.75 Å². The summed E-state index contributed by atoms with van der Waals surface area (Å²) in [7, 11) is -16.3. The van der Waals surface area contributed by atoms with Gasteiger partial charge in [-0.3, -0.25) is 4.89 Å². The van der Waals surface area contributed by atoms with Crippen molar-refractivity contribution in [2.75, 3.05) is 0 Å². The fourth-order valence-electron chi connectivity index (χ4n) is 3.21. The zero-order chi connectivity index (χ0) is 21.0. The van der Waals surface area contributed by atoms with Crippen molar-refractivity contribution in [1.29, 1.82) is 0 Å². The van der Waals surface area contributed by atoms with E-state index in [1.807, 2.05) is 30.3 Å². The molecule has 4 rings (SSSR count). The summed E-state index contributed by atoms with van der Waals surface area (Å²) < 4.78 is 46.5. The second kappa shape index (κ2) is 6.86. The van der Waals surface area contributed by atoms with E-state index in [2.05, 4.69) is 8.62 Å². The highest BCUT2D eigenvalue weighted by Crippen LogP contribution is 2.66. The van der Waals surface area contributed by atoms with E-state index < -0.39 is 23.5 Å². The number of phosphoric acid groups is 3. The Morgan fingerprint density at radius 3 is 1.62 bits per heavy atom. The third-order valence-corrected chi connectivity index (χ3v) is 7.84. The Bertz CT molecular complexity index is 1310. The van der Waals surface area contributed by atoms with Gasteiger partial charge in [-0.05, 0) is 44.5 Å². The molecule has 0 amide bonds. The summed E-state index contributed by atoms with van der Waals surface area (Å²) in [5.74, 6) is -0.155. The molecule has 0 saturated carbocycles. The first-order valence-electron chi connectivity index (χ1n) is 7.93. The summed E-state index contributed by atoms with van der Waals surface area (Å²) in [4.78, 5) is 36.2. The van der Waals surface area contributed by atoms with Gasteiger partial charge in [-0.1, -0.05) is 42.5 Å². The zero-order valence-electron chi connectivity index (χ0n) is 14.3. The smallest absolute Gasteiger partial charge is 0.404 e. The van der Waals surface area contributed by atoms with Crippen molar-refractivity contribution < 1.29 is 46.4 Å². The van der Waals surface area contributed by atoms with E-state index in [1.54, 1.807) is 12.1 Å². The van der Waals surface area contributed by atoms with Gasteiger partial charge in [0.1, 0.15) is 5.75 Å². The third-order valence-electron chi connectivity index (χ3n) is 4.07. The van der Waals surface area contributed by atoms with E-state index in [0.717, 1.165) is 21.5 Å². The molecule has 0 radical (unpaired) electrons. The van der Waals surface area contributed by atoms with Gasteiger partial charge >= 0.3 is 23.5 Å². The first kappa shape index (κ1) is 20.4. The maximum absolute atomic E-state index is 12.1. The number of phosphoric ester groups is 1. The highest BCUT2D eigenvalue weighted by atomic mass is 31.3. The topological polar surface area (TPSA) is 160 Å². The molecule has 4 N–H and O–H groups in total. The van der Waals surface area contributed by atoms with E-state index in [9.17, 15) is 23.5 Å². The lowest BCUT2D eigenvalue weighted by Crippen LogP contribution is -1.98.